The molecular weight excluding hydrogens is 1040 g/mol. The van der Waals surface area contributed by atoms with Gasteiger partial charge in [0, 0.05) is 23.5 Å². The number of hydrogen-bond donors (Lipinski definition) is 12. The van der Waals surface area contributed by atoms with E-state index >= 15 is 0 Å². The number of aliphatic carboxylic acids is 2. The summed E-state index contributed by atoms with van der Waals surface area (Å²) in [6, 6.07) is 0. The Labute approximate surface area is 381 Å². The van der Waals surface area contributed by atoms with E-state index in [1.54, 1.807) is 0 Å². The Morgan fingerprint density at radius 2 is 0.885 bits per heavy atom. The van der Waals surface area contributed by atoms with Gasteiger partial charge in [0.05, 0.1) is 76.5 Å². The van der Waals surface area contributed by atoms with Gasteiger partial charge in [-0.3, -0.25) is 19.6 Å². The molecular formula is C28H38N2O26P2Zn3. The Morgan fingerprint density at radius 1 is 0.623 bits per heavy atom. The largest absolute Gasteiger partial charge is 2.00 e. The molecule has 33 heteroatoms. The number of carboxylic acid groups (broad SMARTS) is 2. The van der Waals surface area contributed by atoms with Gasteiger partial charge in [-0.15, -0.1) is 0 Å². The zero-order valence-corrected chi connectivity index (χ0v) is 42.4. The van der Waals surface area contributed by atoms with Crippen LogP contribution in [0, 0.1) is 13.8 Å². The number of aldehydes is 2. The van der Waals surface area contributed by atoms with Gasteiger partial charge in [-0.1, -0.05) is 0 Å². The molecule has 0 aliphatic rings. The molecule has 0 aliphatic heterocycles. The summed E-state index contributed by atoms with van der Waals surface area (Å²) in [7, 11) is -10.2. The molecule has 8 atom stereocenters. The maximum Gasteiger partial charge on any atom is 2.00 e. The minimum absolute atomic E-state index is 0. The minimum atomic E-state index is -5.11. The minimum Gasteiger partial charge on any atom is -0.790 e. The molecule has 0 aromatic carbocycles. The summed E-state index contributed by atoms with van der Waals surface area (Å²) in [6.07, 6.45) is -13.2. The Hall–Kier alpha value is -2.13. The molecule has 0 spiro atoms. The number of phosphoric acid groups is 2. The summed E-state index contributed by atoms with van der Waals surface area (Å²) in [4.78, 5) is 89.6. The van der Waals surface area contributed by atoms with Gasteiger partial charge in [-0.05, 0) is 13.8 Å². The number of aromatic nitrogens is 2. The fraction of sp³-hybridized carbons (Fsp3) is 0.500. The number of aliphatic hydroxyl groups is 10. The molecule has 0 amide bonds. The molecule has 0 saturated heterocycles. The molecule has 28 nitrogen and oxygen atoms in total. The normalized spacial score (nSPS) is 14.7. The zero-order valence-electron chi connectivity index (χ0n) is 31.7. The molecule has 12 N–H and O–H groups in total. The summed E-state index contributed by atoms with van der Waals surface area (Å²) in [5.41, 5.74) is 0.230. The number of carbonyl (C=O) groups is 4. The molecule has 2 aromatic rings. The van der Waals surface area contributed by atoms with E-state index in [1.807, 2.05) is 0 Å². The molecule has 332 valence electrons. The van der Waals surface area contributed by atoms with E-state index in [2.05, 4.69) is 19.0 Å². The van der Waals surface area contributed by atoms with Crippen molar-refractivity contribution in [1.29, 1.82) is 0 Å². The summed E-state index contributed by atoms with van der Waals surface area (Å²) in [5.74, 6) is -4.67. The topological polar surface area (TPSA) is 528 Å². The molecule has 0 saturated carbocycles. The number of carboxylic acids is 2. The van der Waals surface area contributed by atoms with Gasteiger partial charge in [0.1, 0.15) is 60.3 Å². The number of hydrogen-bond acceptors (Lipinski definition) is 28. The fourth-order valence-electron chi connectivity index (χ4n) is 3.42. The number of aromatic hydroxyl groups is 2. The van der Waals surface area contributed by atoms with Crippen molar-refractivity contribution < 1.29 is 187 Å². The maximum absolute atomic E-state index is 10.7. The second kappa shape index (κ2) is 32.5. The third-order valence-corrected chi connectivity index (χ3v) is 7.59. The van der Waals surface area contributed by atoms with Crippen LogP contribution in [-0.4, -0.2) is 158 Å². The first-order chi connectivity index (χ1) is 26.5. The second-order valence-corrected chi connectivity index (χ2v) is 13.2. The smallest absolute Gasteiger partial charge is 0.790 e. The van der Waals surface area contributed by atoms with Crippen LogP contribution in [0.1, 0.15) is 43.2 Å². The monoisotopic (exact) mass is 1070 g/mol. The van der Waals surface area contributed by atoms with Crippen LogP contribution in [0.5, 0.6) is 11.5 Å². The van der Waals surface area contributed by atoms with Crippen molar-refractivity contribution in [2.45, 2.75) is 75.9 Å². The van der Waals surface area contributed by atoms with Crippen LogP contribution in [0.25, 0.3) is 0 Å². The molecule has 0 bridgehead atoms. The van der Waals surface area contributed by atoms with Crippen molar-refractivity contribution in [2.75, 3.05) is 13.2 Å². The van der Waals surface area contributed by atoms with E-state index in [4.69, 9.17) is 51.1 Å². The molecule has 2 heterocycles. The van der Waals surface area contributed by atoms with Gasteiger partial charge >= 0.3 is 58.4 Å². The predicted molar refractivity (Wildman–Crippen MR) is 169 cm³/mol. The van der Waals surface area contributed by atoms with Crippen LogP contribution in [0.3, 0.4) is 0 Å². The van der Waals surface area contributed by atoms with Crippen LogP contribution >= 0.6 is 15.6 Å². The summed E-state index contributed by atoms with van der Waals surface area (Å²) >= 11 is 0. The SMILES string of the molecule is Cc1ncc(COP(=O)([O-])[O-])c(C=O)c1O.Cc1ncc(COP(=O)([O-])[O-])c(C=O)c1O.O=C([O-])[C@H](O)[C@@H](O)[C@H](O)[C@H](O)CO.O=C([O-])[C@H](O)[C@@H](O)[C@H](O)[C@H](O)CO.[Zn+2].[Zn+2].[Zn+2]. The average molecular weight is 1080 g/mol. The van der Waals surface area contributed by atoms with Gasteiger partial charge in [0.15, 0.2) is 12.6 Å². The van der Waals surface area contributed by atoms with Gasteiger partial charge in [-0.2, -0.15) is 0 Å². The van der Waals surface area contributed by atoms with Crippen molar-refractivity contribution in [3.63, 3.8) is 0 Å². The van der Waals surface area contributed by atoms with E-state index in [0.29, 0.717) is 12.6 Å². The van der Waals surface area contributed by atoms with Crippen LogP contribution in [0.2, 0.25) is 0 Å². The van der Waals surface area contributed by atoms with Gasteiger partial charge in [0.2, 0.25) is 0 Å². The fourth-order valence-corrected chi connectivity index (χ4v) is 4.01. The van der Waals surface area contributed by atoms with Crippen LogP contribution < -0.4 is 29.8 Å². The zero-order chi connectivity index (χ0) is 45.9. The standard InChI is InChI=1S/2C8H10NO6P.2C6H12O7.3Zn/c2*1-5-8(11)7(3-10)6(2-9-5)4-15-16(12,13)14;2*7-1-2(8)3(9)4(10)5(11)6(12)13;;;/h2*2-3,11H,4H2,1H3,(H2,12,13,14);2*2-5,7-11H,1H2,(H,12,13);;;/q;;;;3*+2/p-6/t;;2*2-,3-,4+,5-;;;/m..11.../s1. The molecule has 2 aromatic heterocycles. The Bertz CT molecular complexity index is 1610. The van der Waals surface area contributed by atoms with Crippen molar-refractivity contribution in [3.8, 4) is 11.5 Å². The van der Waals surface area contributed by atoms with E-state index < -0.39 is 103 Å². The molecule has 0 radical (unpaired) electrons. The van der Waals surface area contributed by atoms with Gasteiger partial charge < -0.3 is 119 Å². The number of rotatable bonds is 18. The van der Waals surface area contributed by atoms with Crippen LogP contribution in [-0.2, 0) is 99.4 Å². The van der Waals surface area contributed by atoms with Crippen molar-refractivity contribution in [2.24, 2.45) is 0 Å². The van der Waals surface area contributed by atoms with Crippen LogP contribution in [0.4, 0.5) is 0 Å². The van der Waals surface area contributed by atoms with E-state index in [9.17, 15) is 68.3 Å². The molecule has 0 aliphatic carbocycles. The first kappa shape index (κ1) is 67.9. The van der Waals surface area contributed by atoms with Gasteiger partial charge in [0.25, 0.3) is 0 Å². The predicted octanol–water partition coefficient (Wildman–Crippen LogP) is -11.2. The molecule has 0 fully saturated rings. The second-order valence-electron chi connectivity index (χ2n) is 10.9. The molecule has 0 unspecified atom stereocenters. The number of aliphatic hydroxyl groups excluding tert-OH is 10. The third-order valence-electron chi connectivity index (χ3n) is 6.70. The summed E-state index contributed by atoms with van der Waals surface area (Å²) in [5, 5.41) is 126. The van der Waals surface area contributed by atoms with E-state index in [1.165, 1.54) is 13.8 Å². The maximum atomic E-state index is 10.7. The number of phosphoric ester groups is 2. The van der Waals surface area contributed by atoms with Gasteiger partial charge in [-0.25, -0.2) is 0 Å². The van der Waals surface area contributed by atoms with E-state index in [-0.39, 0.29) is 104 Å². The third kappa shape index (κ3) is 25.7. The quantitative estimate of drug-likeness (QED) is 0.0375. The molecule has 2 rings (SSSR count). The Morgan fingerprint density at radius 3 is 1.08 bits per heavy atom. The van der Waals surface area contributed by atoms with Crippen LogP contribution in [0.15, 0.2) is 12.4 Å². The number of nitrogens with zero attached hydrogens (tertiary/aromatic N) is 2. The first-order valence-electron chi connectivity index (χ1n) is 15.2. The number of aryl methyl sites for hydroxylation is 2. The average Bonchev–Trinajstić information content (AvgIpc) is 3.16. The van der Waals surface area contributed by atoms with Crippen molar-refractivity contribution in [3.05, 3.63) is 46.0 Å². The van der Waals surface area contributed by atoms with E-state index in [0.717, 1.165) is 12.4 Å². The summed E-state index contributed by atoms with van der Waals surface area (Å²) in [6.45, 7) is -0.0352. The molecule has 61 heavy (non-hydrogen) atoms. The Balaban J connectivity index is -0.000000226. The van der Waals surface area contributed by atoms with Crippen molar-refractivity contribution >= 4 is 40.2 Å². The first-order valence-corrected chi connectivity index (χ1v) is 18.1. The Kier molecular flexibility index (Phi) is 36.2. The number of pyridine rings is 2. The van der Waals surface area contributed by atoms with Crippen molar-refractivity contribution in [1.82, 2.24) is 9.97 Å². The number of carbonyl (C=O) groups excluding carboxylic acids is 4. The summed E-state index contributed by atoms with van der Waals surface area (Å²) < 4.78 is 28.4.